The van der Waals surface area contributed by atoms with Crippen molar-refractivity contribution < 1.29 is 22.8 Å². The van der Waals surface area contributed by atoms with Crippen LogP contribution < -0.4 is 4.72 Å². The summed E-state index contributed by atoms with van der Waals surface area (Å²) in [5.74, 6) is -1.10. The third-order valence-corrected chi connectivity index (χ3v) is 6.06. The molecule has 24 heavy (non-hydrogen) atoms. The maximum atomic E-state index is 12.3. The minimum absolute atomic E-state index is 0.0304. The predicted octanol–water partition coefficient (Wildman–Crippen LogP) is 0.929. The van der Waals surface area contributed by atoms with Crippen LogP contribution in [0.15, 0.2) is 22.0 Å². The highest BCUT2D eigenvalue weighted by Crippen LogP contribution is 2.22. The highest BCUT2D eigenvalue weighted by atomic mass is 32.2. The Bertz CT molecular complexity index is 802. The molecule has 0 aliphatic carbocycles. The number of carboxylic acids is 1. The third kappa shape index (κ3) is 3.80. The van der Waals surface area contributed by atoms with E-state index < -0.39 is 22.1 Å². The van der Waals surface area contributed by atoms with Gasteiger partial charge < -0.3 is 9.63 Å². The molecule has 0 saturated carbocycles. The maximum Gasteiger partial charge on any atom is 0.307 e. The summed E-state index contributed by atoms with van der Waals surface area (Å²) in [6.45, 7) is 0.147. The lowest BCUT2D eigenvalue weighted by atomic mass is 10.0. The van der Waals surface area contributed by atoms with Gasteiger partial charge in [-0.05, 0) is 24.3 Å². The number of carboxylic acid groups (broad SMARTS) is 1. The molecule has 3 rings (SSSR count). The molecule has 2 aromatic heterocycles. The van der Waals surface area contributed by atoms with Crippen LogP contribution in [0.5, 0.6) is 0 Å². The molecule has 0 amide bonds. The van der Waals surface area contributed by atoms with E-state index in [2.05, 4.69) is 14.9 Å². The minimum Gasteiger partial charge on any atom is -0.481 e. The molecule has 3 heterocycles. The zero-order chi connectivity index (χ0) is 17.2. The molecule has 1 atom stereocenters. The highest BCUT2D eigenvalue weighted by Gasteiger charge is 2.32. The molecule has 1 fully saturated rings. The van der Waals surface area contributed by atoms with Crippen molar-refractivity contribution in [3.63, 3.8) is 0 Å². The number of aromatic nitrogens is 2. The summed E-state index contributed by atoms with van der Waals surface area (Å²) in [6.07, 6.45) is 0.999. The summed E-state index contributed by atoms with van der Waals surface area (Å²) in [5, 5.41) is 14.7. The van der Waals surface area contributed by atoms with Gasteiger partial charge in [-0.3, -0.25) is 4.79 Å². The number of carbonyl (C=O) groups is 1. The van der Waals surface area contributed by atoms with Gasteiger partial charge in [-0.1, -0.05) is 11.2 Å². The van der Waals surface area contributed by atoms with Gasteiger partial charge in [0.1, 0.15) is 0 Å². The van der Waals surface area contributed by atoms with Crippen molar-refractivity contribution in [2.24, 2.45) is 5.92 Å². The first kappa shape index (κ1) is 17.0. The number of hydrogen-bond acceptors (Lipinski definition) is 7. The van der Waals surface area contributed by atoms with Crippen LogP contribution >= 0.6 is 11.3 Å². The molecule has 0 spiro atoms. The van der Waals surface area contributed by atoms with E-state index in [1.165, 1.54) is 11.3 Å². The summed E-state index contributed by atoms with van der Waals surface area (Å²) in [7, 11) is -3.79. The lowest BCUT2D eigenvalue weighted by molar-refractivity contribution is -0.142. The Hall–Kier alpha value is -1.82. The van der Waals surface area contributed by atoms with E-state index >= 15 is 0 Å². The van der Waals surface area contributed by atoms with Gasteiger partial charge in [-0.2, -0.15) is 22.4 Å². The molecule has 1 aliphatic heterocycles. The maximum absolute atomic E-state index is 12.3. The van der Waals surface area contributed by atoms with Gasteiger partial charge >= 0.3 is 5.97 Å². The van der Waals surface area contributed by atoms with Crippen LogP contribution in [-0.2, 0) is 21.5 Å². The Morgan fingerprint density at radius 3 is 3.08 bits per heavy atom. The standard InChI is InChI=1S/C13H16N4O5S2/c18-13(19)9-3-1-5-17(8-9)24(20,21)14-7-11-15-12(22-16-11)10-4-2-6-23-10/h2,4,6,9,14H,1,3,5,7-8H2,(H,18,19)/t9-/m1/s1. The lowest BCUT2D eigenvalue weighted by Gasteiger charge is -2.29. The van der Waals surface area contributed by atoms with Gasteiger partial charge in [0.25, 0.3) is 16.1 Å². The van der Waals surface area contributed by atoms with Crippen molar-refractivity contribution >= 4 is 27.5 Å². The van der Waals surface area contributed by atoms with Crippen LogP contribution in [0, 0.1) is 5.92 Å². The van der Waals surface area contributed by atoms with Gasteiger partial charge in [0, 0.05) is 13.1 Å². The smallest absolute Gasteiger partial charge is 0.307 e. The molecule has 2 aromatic rings. The van der Waals surface area contributed by atoms with E-state index in [1.54, 1.807) is 0 Å². The van der Waals surface area contributed by atoms with Crippen molar-refractivity contribution in [1.82, 2.24) is 19.2 Å². The van der Waals surface area contributed by atoms with E-state index in [0.717, 1.165) is 9.18 Å². The van der Waals surface area contributed by atoms with E-state index in [-0.39, 0.29) is 18.9 Å². The zero-order valence-electron chi connectivity index (χ0n) is 12.6. The predicted molar refractivity (Wildman–Crippen MR) is 85.3 cm³/mol. The van der Waals surface area contributed by atoms with Crippen LogP contribution in [0.4, 0.5) is 0 Å². The minimum atomic E-state index is -3.79. The first-order chi connectivity index (χ1) is 11.5. The Balaban J connectivity index is 1.62. The second-order valence-corrected chi connectivity index (χ2v) is 8.06. The molecule has 0 radical (unpaired) electrons. The molecule has 1 saturated heterocycles. The van der Waals surface area contributed by atoms with Crippen LogP contribution in [0.3, 0.4) is 0 Å². The number of aliphatic carboxylic acids is 1. The number of piperidine rings is 1. The fourth-order valence-electron chi connectivity index (χ4n) is 2.44. The average Bonchev–Trinajstić information content (AvgIpc) is 3.24. The second kappa shape index (κ2) is 6.97. The van der Waals surface area contributed by atoms with Crippen molar-refractivity contribution in [2.45, 2.75) is 19.4 Å². The number of nitrogens with one attached hydrogen (secondary N) is 1. The first-order valence-electron chi connectivity index (χ1n) is 7.30. The third-order valence-electron chi connectivity index (χ3n) is 3.69. The molecular formula is C13H16N4O5S2. The van der Waals surface area contributed by atoms with Gasteiger partial charge in [0.05, 0.1) is 17.3 Å². The molecule has 9 nitrogen and oxygen atoms in total. The van der Waals surface area contributed by atoms with Crippen molar-refractivity contribution in [3.05, 3.63) is 23.3 Å². The Kier molecular flexibility index (Phi) is 4.94. The Labute approximate surface area is 142 Å². The normalized spacial score (nSPS) is 19.4. The van der Waals surface area contributed by atoms with E-state index in [1.807, 2.05) is 17.5 Å². The molecule has 0 aromatic carbocycles. The van der Waals surface area contributed by atoms with Crippen molar-refractivity contribution in [3.8, 4) is 10.8 Å². The van der Waals surface area contributed by atoms with Gasteiger partial charge in [0.15, 0.2) is 5.82 Å². The van der Waals surface area contributed by atoms with E-state index in [0.29, 0.717) is 25.3 Å². The van der Waals surface area contributed by atoms with E-state index in [9.17, 15) is 13.2 Å². The average molecular weight is 372 g/mol. The van der Waals surface area contributed by atoms with Crippen LogP contribution in [-0.4, -0.2) is 47.0 Å². The molecule has 1 aliphatic rings. The lowest BCUT2D eigenvalue weighted by Crippen LogP contribution is -2.47. The van der Waals surface area contributed by atoms with Crippen LogP contribution in [0.25, 0.3) is 10.8 Å². The number of thiophene rings is 1. The largest absolute Gasteiger partial charge is 0.481 e. The van der Waals surface area contributed by atoms with Gasteiger partial charge in [-0.15, -0.1) is 11.3 Å². The Morgan fingerprint density at radius 1 is 1.54 bits per heavy atom. The number of nitrogens with zero attached hydrogens (tertiary/aromatic N) is 3. The topological polar surface area (TPSA) is 126 Å². The molecule has 130 valence electrons. The summed E-state index contributed by atoms with van der Waals surface area (Å²) in [6, 6.07) is 3.67. The SMILES string of the molecule is O=C(O)[C@@H]1CCCN(S(=O)(=O)NCc2noc(-c3cccs3)n2)C1. The zero-order valence-corrected chi connectivity index (χ0v) is 14.2. The number of rotatable bonds is 6. The van der Waals surface area contributed by atoms with E-state index in [4.69, 9.17) is 9.63 Å². The highest BCUT2D eigenvalue weighted by molar-refractivity contribution is 7.87. The van der Waals surface area contributed by atoms with Gasteiger partial charge in [0.2, 0.25) is 0 Å². The van der Waals surface area contributed by atoms with Crippen molar-refractivity contribution in [2.75, 3.05) is 13.1 Å². The summed E-state index contributed by atoms with van der Waals surface area (Å²) in [5.41, 5.74) is 0. The fourth-order valence-corrected chi connectivity index (χ4v) is 4.32. The van der Waals surface area contributed by atoms with Crippen LogP contribution in [0.2, 0.25) is 0 Å². The second-order valence-electron chi connectivity index (χ2n) is 5.35. The first-order valence-corrected chi connectivity index (χ1v) is 9.61. The van der Waals surface area contributed by atoms with Gasteiger partial charge in [-0.25, -0.2) is 0 Å². The van der Waals surface area contributed by atoms with Crippen LogP contribution in [0.1, 0.15) is 18.7 Å². The quantitative estimate of drug-likeness (QED) is 0.772. The number of hydrogen-bond donors (Lipinski definition) is 2. The molecule has 11 heteroatoms. The van der Waals surface area contributed by atoms with Crippen molar-refractivity contribution in [1.29, 1.82) is 0 Å². The summed E-state index contributed by atoms with van der Waals surface area (Å²) < 4.78 is 33.2. The molecule has 2 N–H and O–H groups in total. The molecule has 0 bridgehead atoms. The molecular weight excluding hydrogens is 356 g/mol. The Morgan fingerprint density at radius 2 is 2.38 bits per heavy atom. The molecule has 0 unspecified atom stereocenters. The summed E-state index contributed by atoms with van der Waals surface area (Å²) in [4.78, 5) is 16.0. The fraction of sp³-hybridized carbons (Fsp3) is 0.462. The monoisotopic (exact) mass is 372 g/mol. The summed E-state index contributed by atoms with van der Waals surface area (Å²) >= 11 is 1.44.